The second-order valence-corrected chi connectivity index (χ2v) is 11.5. The molecule has 0 radical (unpaired) electrons. The Kier molecular flexibility index (Phi) is 5.62. The lowest BCUT2D eigenvalue weighted by atomic mass is 9.47. The predicted octanol–water partition coefficient (Wildman–Crippen LogP) is 7.16. The molecule has 9 atom stereocenters. The van der Waals surface area contributed by atoms with E-state index < -0.39 is 0 Å². The molecule has 0 bridgehead atoms. The van der Waals surface area contributed by atoms with E-state index in [1.54, 1.807) is 5.57 Å². The lowest BCUT2D eigenvalue weighted by molar-refractivity contribution is -0.0540. The van der Waals surface area contributed by atoms with Gasteiger partial charge in [-0.15, -0.1) is 0 Å². The number of hydrogen-bond donors (Lipinski definition) is 1. The summed E-state index contributed by atoms with van der Waals surface area (Å²) in [5.41, 5.74) is 2.52. The fourth-order valence-corrected chi connectivity index (χ4v) is 8.18. The Morgan fingerprint density at radius 3 is 2.61 bits per heavy atom. The van der Waals surface area contributed by atoms with Crippen molar-refractivity contribution in [1.29, 1.82) is 0 Å². The quantitative estimate of drug-likeness (QED) is 0.510. The van der Waals surface area contributed by atoms with Crippen LogP contribution in [0.15, 0.2) is 23.8 Å². The smallest absolute Gasteiger partial charge is 0.0577 e. The molecular formula is C27H44O. The monoisotopic (exact) mass is 384 g/mol. The van der Waals surface area contributed by atoms with Crippen LogP contribution in [0.1, 0.15) is 92.4 Å². The van der Waals surface area contributed by atoms with Gasteiger partial charge in [0.2, 0.25) is 0 Å². The Morgan fingerprint density at radius 1 is 1.07 bits per heavy atom. The van der Waals surface area contributed by atoms with Crippen molar-refractivity contribution in [3.63, 3.8) is 0 Å². The van der Waals surface area contributed by atoms with Gasteiger partial charge in [-0.05, 0) is 97.7 Å². The minimum Gasteiger partial charge on any atom is -0.393 e. The second kappa shape index (κ2) is 7.60. The van der Waals surface area contributed by atoms with Crippen LogP contribution in [0.2, 0.25) is 0 Å². The van der Waals surface area contributed by atoms with Crippen molar-refractivity contribution in [3.05, 3.63) is 23.8 Å². The van der Waals surface area contributed by atoms with Gasteiger partial charge >= 0.3 is 0 Å². The van der Waals surface area contributed by atoms with Gasteiger partial charge in [-0.3, -0.25) is 0 Å². The minimum absolute atomic E-state index is 0.0845. The highest BCUT2D eigenvalue weighted by Gasteiger charge is 2.58. The molecule has 0 aromatic heterocycles. The molecule has 1 N–H and O–H groups in total. The van der Waals surface area contributed by atoms with Gasteiger partial charge in [0, 0.05) is 0 Å². The number of rotatable bonds is 4. The molecule has 1 unspecified atom stereocenters. The predicted molar refractivity (Wildman–Crippen MR) is 119 cm³/mol. The highest BCUT2D eigenvalue weighted by atomic mass is 16.3. The number of aliphatic hydroxyl groups excluding tert-OH is 1. The van der Waals surface area contributed by atoms with Crippen LogP contribution in [0.3, 0.4) is 0 Å². The summed E-state index contributed by atoms with van der Waals surface area (Å²) < 4.78 is 0. The summed E-state index contributed by atoms with van der Waals surface area (Å²) in [6.45, 7) is 12.3. The van der Waals surface area contributed by atoms with E-state index in [9.17, 15) is 5.11 Å². The SMILES string of the molecule is CCC(C)/C=C/[C@@H](C)[C@H]1CC[C@H]2[C@@H]3CC=C4C[C@@H](O)CC[C@]4(C)[C@H]3CC[C@]12C. The second-order valence-electron chi connectivity index (χ2n) is 11.5. The Balaban J connectivity index is 1.54. The average molecular weight is 385 g/mol. The third kappa shape index (κ3) is 3.24. The molecule has 1 nitrogen and oxygen atoms in total. The van der Waals surface area contributed by atoms with E-state index >= 15 is 0 Å². The van der Waals surface area contributed by atoms with Gasteiger partial charge in [0.05, 0.1) is 6.10 Å². The Bertz CT molecular complexity index is 632. The molecule has 0 aromatic rings. The first-order chi connectivity index (χ1) is 13.3. The maximum absolute atomic E-state index is 10.2. The van der Waals surface area contributed by atoms with Crippen LogP contribution in [0.5, 0.6) is 0 Å². The summed E-state index contributed by atoms with van der Waals surface area (Å²) >= 11 is 0. The number of hydrogen-bond acceptors (Lipinski definition) is 1. The largest absolute Gasteiger partial charge is 0.393 e. The number of aliphatic hydroxyl groups is 1. The van der Waals surface area contributed by atoms with Crippen molar-refractivity contribution in [3.8, 4) is 0 Å². The number of fused-ring (bicyclic) bond motifs is 5. The minimum atomic E-state index is -0.0845. The molecule has 0 amide bonds. The molecular weight excluding hydrogens is 340 g/mol. The molecule has 4 aliphatic carbocycles. The van der Waals surface area contributed by atoms with Crippen LogP contribution < -0.4 is 0 Å². The molecule has 0 aliphatic heterocycles. The van der Waals surface area contributed by atoms with Crippen LogP contribution in [0.25, 0.3) is 0 Å². The average Bonchev–Trinajstić information content (AvgIpc) is 3.03. The molecule has 4 aliphatic rings. The third-order valence-corrected chi connectivity index (χ3v) is 10.2. The van der Waals surface area contributed by atoms with E-state index in [4.69, 9.17) is 0 Å². The van der Waals surface area contributed by atoms with E-state index in [1.807, 2.05) is 0 Å². The topological polar surface area (TPSA) is 20.2 Å². The fourth-order valence-electron chi connectivity index (χ4n) is 8.18. The molecule has 3 fully saturated rings. The van der Waals surface area contributed by atoms with Crippen molar-refractivity contribution in [2.45, 2.75) is 98.5 Å². The molecule has 0 aromatic carbocycles. The fraction of sp³-hybridized carbons (Fsp3) is 0.852. The van der Waals surface area contributed by atoms with Gasteiger partial charge in [0.1, 0.15) is 0 Å². The summed E-state index contributed by atoms with van der Waals surface area (Å²) in [4.78, 5) is 0. The maximum atomic E-state index is 10.2. The first kappa shape index (κ1) is 20.7. The van der Waals surface area contributed by atoms with Crippen LogP contribution in [-0.4, -0.2) is 11.2 Å². The summed E-state index contributed by atoms with van der Waals surface area (Å²) in [5.74, 6) is 4.96. The Morgan fingerprint density at radius 2 is 1.86 bits per heavy atom. The zero-order chi connectivity index (χ0) is 20.1. The van der Waals surface area contributed by atoms with E-state index in [2.05, 4.69) is 52.8 Å². The van der Waals surface area contributed by atoms with Gasteiger partial charge in [-0.25, -0.2) is 0 Å². The first-order valence-electron chi connectivity index (χ1n) is 12.4. The standard InChI is InChI=1S/C27H44O/c1-6-18(2)7-8-19(3)23-11-12-24-22-10-9-20-17-21(28)13-15-26(20,4)25(22)14-16-27(23,24)5/h7-9,18-19,21-25,28H,6,10-17H2,1-5H3/b8-7+/t18?,19-,21+,22+,23-,24+,25+,26+,27-/m1/s1. The van der Waals surface area contributed by atoms with Gasteiger partial charge in [-0.1, -0.05) is 64.8 Å². The van der Waals surface area contributed by atoms with Gasteiger partial charge in [0.25, 0.3) is 0 Å². The molecule has 1 heteroatoms. The van der Waals surface area contributed by atoms with E-state index in [-0.39, 0.29) is 6.10 Å². The zero-order valence-corrected chi connectivity index (χ0v) is 19.1. The molecule has 158 valence electrons. The summed E-state index contributed by atoms with van der Waals surface area (Å²) in [5, 5.41) is 10.2. The van der Waals surface area contributed by atoms with Crippen LogP contribution >= 0.6 is 0 Å². The van der Waals surface area contributed by atoms with Crippen molar-refractivity contribution in [2.75, 3.05) is 0 Å². The highest BCUT2D eigenvalue weighted by molar-refractivity contribution is 5.25. The van der Waals surface area contributed by atoms with Crippen molar-refractivity contribution in [2.24, 2.45) is 46.3 Å². The Labute approximate surface area is 174 Å². The normalized spacial score (nSPS) is 47.8. The molecule has 0 saturated heterocycles. The molecule has 4 rings (SSSR count). The van der Waals surface area contributed by atoms with E-state index in [0.717, 1.165) is 42.4 Å². The lowest BCUT2D eigenvalue weighted by Gasteiger charge is -2.58. The first-order valence-corrected chi connectivity index (χ1v) is 12.4. The van der Waals surface area contributed by atoms with Gasteiger partial charge < -0.3 is 5.11 Å². The van der Waals surface area contributed by atoms with Crippen molar-refractivity contribution >= 4 is 0 Å². The summed E-state index contributed by atoms with van der Waals surface area (Å²) in [7, 11) is 0. The van der Waals surface area contributed by atoms with Crippen LogP contribution in [-0.2, 0) is 0 Å². The summed E-state index contributed by atoms with van der Waals surface area (Å²) in [6.07, 6.45) is 19.0. The van der Waals surface area contributed by atoms with Crippen molar-refractivity contribution in [1.82, 2.24) is 0 Å². The Hall–Kier alpha value is -0.560. The maximum Gasteiger partial charge on any atom is 0.0577 e. The van der Waals surface area contributed by atoms with Crippen molar-refractivity contribution < 1.29 is 5.11 Å². The summed E-state index contributed by atoms with van der Waals surface area (Å²) in [6, 6.07) is 0. The molecule has 0 spiro atoms. The highest BCUT2D eigenvalue weighted by Crippen LogP contribution is 2.67. The van der Waals surface area contributed by atoms with Gasteiger partial charge in [0.15, 0.2) is 0 Å². The van der Waals surface area contributed by atoms with Gasteiger partial charge in [-0.2, -0.15) is 0 Å². The zero-order valence-electron chi connectivity index (χ0n) is 19.1. The lowest BCUT2D eigenvalue weighted by Crippen LogP contribution is -2.50. The van der Waals surface area contributed by atoms with Crippen LogP contribution in [0, 0.1) is 46.3 Å². The third-order valence-electron chi connectivity index (χ3n) is 10.2. The van der Waals surface area contributed by atoms with Crippen LogP contribution in [0.4, 0.5) is 0 Å². The number of allylic oxidation sites excluding steroid dienone is 3. The molecule has 28 heavy (non-hydrogen) atoms. The van der Waals surface area contributed by atoms with E-state index in [1.165, 1.54) is 44.9 Å². The van der Waals surface area contributed by atoms with E-state index in [0.29, 0.717) is 16.7 Å². The molecule has 3 saturated carbocycles. The molecule has 0 heterocycles.